The van der Waals surface area contributed by atoms with Crippen LogP contribution in [-0.2, 0) is 0 Å². The van der Waals surface area contributed by atoms with Crippen molar-refractivity contribution in [3.8, 4) is 0 Å². The van der Waals surface area contributed by atoms with Crippen LogP contribution in [0.5, 0.6) is 0 Å². The molecule has 0 bridgehead atoms. The molecule has 2 aromatic rings. The van der Waals surface area contributed by atoms with Gasteiger partial charge in [0.2, 0.25) is 0 Å². The number of hydrogen-bond donors (Lipinski definition) is 2. The SMILES string of the molecule is O=C(O)c1cnn2c1N[C@H](c1ccc(Br)cc1)C[C@@H]2C(F)(F)F. The van der Waals surface area contributed by atoms with E-state index >= 15 is 0 Å². The summed E-state index contributed by atoms with van der Waals surface area (Å²) in [6.07, 6.45) is -3.85. The second kappa shape index (κ2) is 5.55. The van der Waals surface area contributed by atoms with E-state index in [1.165, 1.54) is 0 Å². The Morgan fingerprint density at radius 1 is 1.35 bits per heavy atom. The number of carboxylic acids is 1. The molecule has 0 spiro atoms. The summed E-state index contributed by atoms with van der Waals surface area (Å²) in [5.74, 6) is -1.45. The zero-order valence-corrected chi connectivity index (χ0v) is 13.1. The summed E-state index contributed by atoms with van der Waals surface area (Å²) in [6, 6.07) is 4.31. The highest BCUT2D eigenvalue weighted by molar-refractivity contribution is 9.10. The fraction of sp³-hybridized carbons (Fsp3) is 0.286. The van der Waals surface area contributed by atoms with Gasteiger partial charge in [-0.25, -0.2) is 9.48 Å². The number of fused-ring (bicyclic) bond motifs is 1. The molecule has 1 aliphatic heterocycles. The van der Waals surface area contributed by atoms with E-state index < -0.39 is 24.2 Å². The van der Waals surface area contributed by atoms with Crippen LogP contribution in [-0.4, -0.2) is 27.0 Å². The fourth-order valence-corrected chi connectivity index (χ4v) is 2.90. The normalized spacial score (nSPS) is 20.7. The number of rotatable bonds is 2. The standard InChI is InChI=1S/C14H11BrF3N3O2/c15-8-3-1-7(2-4-8)10-5-11(14(16,17)18)21-12(20-10)9(6-19-21)13(22)23/h1-4,6,10-11,20H,5H2,(H,22,23)/t10-,11+/m0/s1. The van der Waals surface area contributed by atoms with Gasteiger partial charge in [0.15, 0.2) is 6.04 Å². The topological polar surface area (TPSA) is 67.1 Å². The van der Waals surface area contributed by atoms with Crippen molar-refractivity contribution in [2.75, 3.05) is 5.32 Å². The van der Waals surface area contributed by atoms with Crippen LogP contribution < -0.4 is 5.32 Å². The third kappa shape index (κ3) is 2.92. The molecule has 23 heavy (non-hydrogen) atoms. The highest BCUT2D eigenvalue weighted by atomic mass is 79.9. The van der Waals surface area contributed by atoms with Gasteiger partial charge in [-0.3, -0.25) is 0 Å². The molecule has 2 atom stereocenters. The van der Waals surface area contributed by atoms with Gasteiger partial charge < -0.3 is 10.4 Å². The first-order chi connectivity index (χ1) is 10.8. The van der Waals surface area contributed by atoms with E-state index in [2.05, 4.69) is 26.3 Å². The Bertz CT molecular complexity index is 743. The van der Waals surface area contributed by atoms with Crippen molar-refractivity contribution in [3.63, 3.8) is 0 Å². The Balaban J connectivity index is 2.05. The van der Waals surface area contributed by atoms with Gasteiger partial charge in [-0.2, -0.15) is 18.3 Å². The van der Waals surface area contributed by atoms with Gasteiger partial charge >= 0.3 is 12.1 Å². The van der Waals surface area contributed by atoms with Crippen LogP contribution in [0.1, 0.15) is 34.4 Å². The van der Waals surface area contributed by atoms with Crippen LogP contribution in [0.4, 0.5) is 19.0 Å². The van der Waals surface area contributed by atoms with E-state index in [4.69, 9.17) is 5.11 Å². The van der Waals surface area contributed by atoms with Crippen LogP contribution in [0.25, 0.3) is 0 Å². The average Bonchev–Trinajstić information content (AvgIpc) is 2.89. The lowest BCUT2D eigenvalue weighted by molar-refractivity contribution is -0.173. The highest BCUT2D eigenvalue weighted by Crippen LogP contribution is 2.44. The molecule has 0 radical (unpaired) electrons. The molecule has 3 rings (SSSR count). The first-order valence-corrected chi connectivity index (χ1v) is 7.46. The molecule has 2 heterocycles. The van der Waals surface area contributed by atoms with E-state index in [1.807, 2.05) is 0 Å². The second-order valence-corrected chi connectivity index (χ2v) is 6.11. The summed E-state index contributed by atoms with van der Waals surface area (Å²) in [6.45, 7) is 0. The molecule has 1 aromatic heterocycles. The lowest BCUT2D eigenvalue weighted by atomic mass is 9.96. The lowest BCUT2D eigenvalue weighted by Gasteiger charge is -2.33. The van der Waals surface area contributed by atoms with Crippen molar-refractivity contribution in [1.82, 2.24) is 9.78 Å². The Labute approximate surface area is 137 Å². The molecule has 0 saturated carbocycles. The zero-order chi connectivity index (χ0) is 16.8. The van der Waals surface area contributed by atoms with Crippen molar-refractivity contribution in [2.24, 2.45) is 0 Å². The van der Waals surface area contributed by atoms with Gasteiger partial charge in [-0.05, 0) is 17.7 Å². The van der Waals surface area contributed by atoms with Gasteiger partial charge in [0.1, 0.15) is 11.4 Å². The van der Waals surface area contributed by atoms with Crippen molar-refractivity contribution in [1.29, 1.82) is 0 Å². The molecule has 0 fully saturated rings. The van der Waals surface area contributed by atoms with Crippen LogP contribution in [0, 0.1) is 0 Å². The molecule has 0 aliphatic carbocycles. The second-order valence-electron chi connectivity index (χ2n) is 5.20. The van der Waals surface area contributed by atoms with Gasteiger partial charge in [0, 0.05) is 10.9 Å². The minimum absolute atomic E-state index is 0.126. The number of aromatic nitrogens is 2. The summed E-state index contributed by atoms with van der Waals surface area (Å²) >= 11 is 3.27. The third-order valence-electron chi connectivity index (χ3n) is 3.74. The van der Waals surface area contributed by atoms with Crippen LogP contribution in [0.15, 0.2) is 34.9 Å². The number of aromatic carboxylic acids is 1. The maximum absolute atomic E-state index is 13.3. The quantitative estimate of drug-likeness (QED) is 0.814. The molecule has 0 saturated heterocycles. The van der Waals surface area contributed by atoms with E-state index in [9.17, 15) is 18.0 Å². The largest absolute Gasteiger partial charge is 0.477 e. The minimum atomic E-state index is -4.52. The number of benzene rings is 1. The van der Waals surface area contributed by atoms with Crippen molar-refractivity contribution in [2.45, 2.75) is 24.7 Å². The summed E-state index contributed by atoms with van der Waals surface area (Å²) in [5.41, 5.74) is 0.368. The molecule has 1 aromatic carbocycles. The van der Waals surface area contributed by atoms with Gasteiger partial charge in [-0.15, -0.1) is 0 Å². The fourth-order valence-electron chi connectivity index (χ4n) is 2.63. The van der Waals surface area contributed by atoms with Crippen molar-refractivity contribution in [3.05, 3.63) is 46.1 Å². The number of nitrogens with zero attached hydrogens (tertiary/aromatic N) is 2. The molecule has 0 amide bonds. The van der Waals surface area contributed by atoms with E-state index in [-0.39, 0.29) is 17.8 Å². The monoisotopic (exact) mass is 389 g/mol. The average molecular weight is 390 g/mol. The molecular weight excluding hydrogens is 379 g/mol. The van der Waals surface area contributed by atoms with Crippen LogP contribution >= 0.6 is 15.9 Å². The summed E-state index contributed by atoms with van der Waals surface area (Å²) in [5, 5.41) is 15.6. The maximum atomic E-state index is 13.3. The zero-order valence-electron chi connectivity index (χ0n) is 11.5. The first-order valence-electron chi connectivity index (χ1n) is 6.67. The lowest BCUT2D eigenvalue weighted by Crippen LogP contribution is -2.36. The Morgan fingerprint density at radius 2 is 2.00 bits per heavy atom. The molecule has 5 nitrogen and oxygen atoms in total. The predicted molar refractivity (Wildman–Crippen MR) is 79.4 cm³/mol. The molecule has 9 heteroatoms. The Hall–Kier alpha value is -2.03. The van der Waals surface area contributed by atoms with E-state index in [0.29, 0.717) is 10.2 Å². The summed E-state index contributed by atoms with van der Waals surface area (Å²) < 4.78 is 41.5. The maximum Gasteiger partial charge on any atom is 0.410 e. The van der Waals surface area contributed by atoms with Crippen LogP contribution in [0.2, 0.25) is 0 Å². The van der Waals surface area contributed by atoms with Crippen molar-refractivity contribution < 1.29 is 23.1 Å². The number of halogens is 4. The Morgan fingerprint density at radius 3 is 2.57 bits per heavy atom. The first kappa shape index (κ1) is 15.9. The van der Waals surface area contributed by atoms with Crippen molar-refractivity contribution >= 4 is 27.7 Å². The number of nitrogens with one attached hydrogen (secondary N) is 1. The molecular formula is C14H11BrF3N3O2. The van der Waals surface area contributed by atoms with E-state index in [0.717, 1.165) is 10.7 Å². The number of hydrogen-bond acceptors (Lipinski definition) is 3. The highest BCUT2D eigenvalue weighted by Gasteiger charge is 2.47. The number of carbonyl (C=O) groups is 1. The molecule has 2 N–H and O–H groups in total. The van der Waals surface area contributed by atoms with E-state index in [1.54, 1.807) is 24.3 Å². The summed E-state index contributed by atoms with van der Waals surface area (Å²) in [4.78, 5) is 11.2. The van der Waals surface area contributed by atoms with Crippen LogP contribution in [0.3, 0.4) is 0 Å². The molecule has 122 valence electrons. The Kier molecular flexibility index (Phi) is 3.83. The third-order valence-corrected chi connectivity index (χ3v) is 4.27. The molecule has 1 aliphatic rings. The van der Waals surface area contributed by atoms with Gasteiger partial charge in [0.25, 0.3) is 0 Å². The predicted octanol–water partition coefficient (Wildman–Crippen LogP) is 4.00. The minimum Gasteiger partial charge on any atom is -0.477 e. The summed E-state index contributed by atoms with van der Waals surface area (Å²) in [7, 11) is 0. The number of carboxylic acid groups (broad SMARTS) is 1. The molecule has 0 unspecified atom stereocenters. The van der Waals surface area contributed by atoms with Gasteiger partial charge in [-0.1, -0.05) is 28.1 Å². The number of alkyl halides is 3. The van der Waals surface area contributed by atoms with Gasteiger partial charge in [0.05, 0.1) is 12.2 Å². The smallest absolute Gasteiger partial charge is 0.410 e. The number of anilines is 1.